The Kier molecular flexibility index (Phi) is 5.58. The number of rotatable bonds is 6. The van der Waals surface area contributed by atoms with Crippen LogP contribution in [-0.4, -0.2) is 56.6 Å². The number of hydrogen-bond donors (Lipinski definition) is 1. The van der Waals surface area contributed by atoms with Gasteiger partial charge < -0.3 is 10.2 Å². The van der Waals surface area contributed by atoms with E-state index in [0.717, 1.165) is 25.4 Å². The van der Waals surface area contributed by atoms with Gasteiger partial charge >= 0.3 is 0 Å². The maximum Gasteiger partial charge on any atom is 0.0254 e. The van der Waals surface area contributed by atoms with Gasteiger partial charge in [0, 0.05) is 25.7 Å². The summed E-state index contributed by atoms with van der Waals surface area (Å²) >= 11 is 0. The minimum Gasteiger partial charge on any atom is -0.319 e. The van der Waals surface area contributed by atoms with E-state index in [1.807, 2.05) is 7.05 Å². The molecule has 1 fully saturated rings. The summed E-state index contributed by atoms with van der Waals surface area (Å²) in [6.07, 6.45) is 1.12. The quantitative estimate of drug-likeness (QED) is 0.854. The SMILES string of the molecule is CNCCc1ccccc1CN1CC(C)C(N(C)C)C1. The molecule has 3 heteroatoms. The van der Waals surface area contributed by atoms with Crippen molar-refractivity contribution in [1.82, 2.24) is 15.1 Å². The van der Waals surface area contributed by atoms with Gasteiger partial charge in [-0.2, -0.15) is 0 Å². The lowest BCUT2D eigenvalue weighted by Gasteiger charge is -2.23. The molecule has 0 spiro atoms. The average molecular weight is 275 g/mol. The summed E-state index contributed by atoms with van der Waals surface area (Å²) in [5.41, 5.74) is 2.98. The Bertz CT molecular complexity index is 416. The third-order valence-corrected chi connectivity index (χ3v) is 4.47. The second kappa shape index (κ2) is 7.21. The highest BCUT2D eigenvalue weighted by molar-refractivity contribution is 5.27. The lowest BCUT2D eigenvalue weighted by atomic mass is 10.0. The van der Waals surface area contributed by atoms with Crippen molar-refractivity contribution in [2.24, 2.45) is 5.92 Å². The van der Waals surface area contributed by atoms with Crippen LogP contribution in [0.25, 0.3) is 0 Å². The third kappa shape index (κ3) is 3.81. The van der Waals surface area contributed by atoms with Gasteiger partial charge in [0.2, 0.25) is 0 Å². The molecular formula is C17H29N3. The van der Waals surface area contributed by atoms with Gasteiger partial charge in [-0.25, -0.2) is 0 Å². The van der Waals surface area contributed by atoms with Gasteiger partial charge in [-0.1, -0.05) is 31.2 Å². The van der Waals surface area contributed by atoms with E-state index >= 15 is 0 Å². The predicted molar refractivity (Wildman–Crippen MR) is 86.0 cm³/mol. The monoisotopic (exact) mass is 275 g/mol. The summed E-state index contributed by atoms with van der Waals surface area (Å²) in [4.78, 5) is 4.98. The van der Waals surface area contributed by atoms with Gasteiger partial charge in [0.05, 0.1) is 0 Å². The van der Waals surface area contributed by atoms with Crippen LogP contribution in [0, 0.1) is 5.92 Å². The van der Waals surface area contributed by atoms with Crippen molar-refractivity contribution in [3.05, 3.63) is 35.4 Å². The molecule has 20 heavy (non-hydrogen) atoms. The fourth-order valence-electron chi connectivity index (χ4n) is 3.31. The van der Waals surface area contributed by atoms with Crippen LogP contribution < -0.4 is 5.32 Å². The maximum absolute atomic E-state index is 3.25. The number of nitrogens with zero attached hydrogens (tertiary/aromatic N) is 2. The maximum atomic E-state index is 3.25. The van der Waals surface area contributed by atoms with Gasteiger partial charge in [0.25, 0.3) is 0 Å². The zero-order valence-corrected chi connectivity index (χ0v) is 13.4. The highest BCUT2D eigenvalue weighted by atomic mass is 15.2. The molecule has 1 N–H and O–H groups in total. The standard InChI is InChI=1S/C17H29N3/c1-14-11-20(13-17(14)19(3)4)12-16-8-6-5-7-15(16)9-10-18-2/h5-8,14,17-18H,9-13H2,1-4H3. The van der Waals surface area contributed by atoms with E-state index in [4.69, 9.17) is 0 Å². The van der Waals surface area contributed by atoms with E-state index in [1.54, 1.807) is 0 Å². The number of nitrogens with one attached hydrogen (secondary N) is 1. The van der Waals surface area contributed by atoms with Crippen LogP contribution in [0.5, 0.6) is 0 Å². The first-order valence-corrected chi connectivity index (χ1v) is 7.72. The highest BCUT2D eigenvalue weighted by Gasteiger charge is 2.30. The van der Waals surface area contributed by atoms with E-state index < -0.39 is 0 Å². The van der Waals surface area contributed by atoms with Crippen LogP contribution in [0.4, 0.5) is 0 Å². The van der Waals surface area contributed by atoms with E-state index in [-0.39, 0.29) is 0 Å². The van der Waals surface area contributed by atoms with Gasteiger partial charge in [-0.3, -0.25) is 4.90 Å². The third-order valence-electron chi connectivity index (χ3n) is 4.47. The van der Waals surface area contributed by atoms with Crippen molar-refractivity contribution in [1.29, 1.82) is 0 Å². The lowest BCUT2D eigenvalue weighted by Crippen LogP contribution is -2.34. The molecule has 0 aliphatic carbocycles. The van der Waals surface area contributed by atoms with Crippen LogP contribution in [0.2, 0.25) is 0 Å². The molecule has 112 valence electrons. The Morgan fingerprint density at radius 1 is 1.20 bits per heavy atom. The number of benzene rings is 1. The Morgan fingerprint density at radius 2 is 1.90 bits per heavy atom. The first kappa shape index (κ1) is 15.5. The van der Waals surface area contributed by atoms with Gasteiger partial charge in [-0.15, -0.1) is 0 Å². The molecular weight excluding hydrogens is 246 g/mol. The molecule has 1 aromatic rings. The van der Waals surface area contributed by atoms with E-state index in [2.05, 4.69) is 60.4 Å². The first-order valence-electron chi connectivity index (χ1n) is 7.72. The van der Waals surface area contributed by atoms with Crippen LogP contribution in [-0.2, 0) is 13.0 Å². The lowest BCUT2D eigenvalue weighted by molar-refractivity contribution is 0.250. The van der Waals surface area contributed by atoms with Crippen molar-refractivity contribution in [3.63, 3.8) is 0 Å². The smallest absolute Gasteiger partial charge is 0.0254 e. The van der Waals surface area contributed by atoms with Crippen LogP contribution in [0.15, 0.2) is 24.3 Å². The van der Waals surface area contributed by atoms with Gasteiger partial charge in [-0.05, 0) is 51.2 Å². The fraction of sp³-hybridized carbons (Fsp3) is 0.647. The van der Waals surface area contributed by atoms with E-state index in [0.29, 0.717) is 6.04 Å². The van der Waals surface area contributed by atoms with Crippen molar-refractivity contribution in [2.75, 3.05) is 40.8 Å². The molecule has 1 aromatic carbocycles. The number of likely N-dealkylation sites (N-methyl/N-ethyl adjacent to an activating group) is 2. The van der Waals surface area contributed by atoms with Crippen molar-refractivity contribution >= 4 is 0 Å². The Labute approximate surface area is 124 Å². The molecule has 0 amide bonds. The summed E-state index contributed by atoms with van der Waals surface area (Å²) in [5, 5.41) is 3.25. The molecule has 1 heterocycles. The summed E-state index contributed by atoms with van der Waals surface area (Å²) in [5.74, 6) is 0.759. The van der Waals surface area contributed by atoms with Gasteiger partial charge in [0.1, 0.15) is 0 Å². The second-order valence-corrected chi connectivity index (χ2v) is 6.32. The summed E-state index contributed by atoms with van der Waals surface area (Å²) < 4.78 is 0. The number of likely N-dealkylation sites (tertiary alicyclic amines) is 1. The molecule has 0 aromatic heterocycles. The normalized spacial score (nSPS) is 23.6. The molecule has 2 rings (SSSR count). The minimum atomic E-state index is 0.694. The molecule has 2 unspecified atom stereocenters. The molecule has 1 saturated heterocycles. The molecule has 0 radical (unpaired) electrons. The molecule has 0 bridgehead atoms. The molecule has 3 nitrogen and oxygen atoms in total. The van der Waals surface area contributed by atoms with Crippen LogP contribution in [0.3, 0.4) is 0 Å². The fourth-order valence-corrected chi connectivity index (χ4v) is 3.31. The van der Waals surface area contributed by atoms with Gasteiger partial charge in [0.15, 0.2) is 0 Å². The van der Waals surface area contributed by atoms with E-state index in [1.165, 1.54) is 24.2 Å². The van der Waals surface area contributed by atoms with Crippen molar-refractivity contribution in [2.45, 2.75) is 25.9 Å². The topological polar surface area (TPSA) is 18.5 Å². The summed E-state index contributed by atoms with van der Waals surface area (Å²) in [7, 11) is 6.42. The summed E-state index contributed by atoms with van der Waals surface area (Å²) in [6.45, 7) is 6.91. The largest absolute Gasteiger partial charge is 0.319 e. The first-order chi connectivity index (χ1) is 9.61. The minimum absolute atomic E-state index is 0.694. The second-order valence-electron chi connectivity index (χ2n) is 6.32. The van der Waals surface area contributed by atoms with Crippen molar-refractivity contribution < 1.29 is 0 Å². The zero-order valence-electron chi connectivity index (χ0n) is 13.4. The predicted octanol–water partition coefficient (Wildman–Crippen LogP) is 1.83. The number of hydrogen-bond acceptors (Lipinski definition) is 3. The Balaban J connectivity index is 2.00. The molecule has 2 atom stereocenters. The van der Waals surface area contributed by atoms with E-state index in [9.17, 15) is 0 Å². The van der Waals surface area contributed by atoms with Crippen LogP contribution in [0.1, 0.15) is 18.1 Å². The molecule has 1 aliphatic rings. The Hall–Kier alpha value is -0.900. The van der Waals surface area contributed by atoms with Crippen LogP contribution >= 0.6 is 0 Å². The Morgan fingerprint density at radius 3 is 2.50 bits per heavy atom. The molecule has 0 saturated carbocycles. The summed E-state index contributed by atoms with van der Waals surface area (Å²) in [6, 6.07) is 9.58. The van der Waals surface area contributed by atoms with Crippen molar-refractivity contribution in [3.8, 4) is 0 Å². The highest BCUT2D eigenvalue weighted by Crippen LogP contribution is 2.23. The zero-order chi connectivity index (χ0) is 14.5. The average Bonchev–Trinajstić information content (AvgIpc) is 2.79. The molecule has 1 aliphatic heterocycles.